The van der Waals surface area contributed by atoms with Gasteiger partial charge in [-0.25, -0.2) is 9.98 Å². The Kier molecular flexibility index (Phi) is 8.29. The molecule has 0 fully saturated rings. The summed E-state index contributed by atoms with van der Waals surface area (Å²) in [6, 6.07) is 45.9. The molecular formula is C49H41BN6O. The number of anilines is 2. The topological polar surface area (TPSA) is 69.8 Å². The molecule has 0 saturated heterocycles. The number of pyridine rings is 1. The number of phenolic OH excluding ortho intramolecular Hbond substituents is 1. The van der Waals surface area contributed by atoms with E-state index in [1.807, 2.05) is 42.6 Å². The third-order valence-corrected chi connectivity index (χ3v) is 11.2. The number of nitrogens with zero attached hydrogens (tertiary/aromatic N) is 6. The number of allylic oxidation sites excluding steroid dienone is 2. The number of fused-ring (bicyclic) bond motifs is 4. The molecular weight excluding hydrogens is 699 g/mol. The lowest BCUT2D eigenvalue weighted by atomic mass is 9.48. The molecule has 0 atom stereocenters. The number of rotatable bonds is 7. The van der Waals surface area contributed by atoms with Gasteiger partial charge in [-0.3, -0.25) is 14.5 Å². The van der Waals surface area contributed by atoms with Gasteiger partial charge in [0.05, 0.1) is 28.2 Å². The van der Waals surface area contributed by atoms with Crippen LogP contribution in [0.5, 0.6) is 5.75 Å². The van der Waals surface area contributed by atoms with E-state index in [0.717, 1.165) is 56.9 Å². The van der Waals surface area contributed by atoms with Crippen molar-refractivity contribution in [2.45, 2.75) is 39.5 Å². The first kappa shape index (κ1) is 34.6. The Labute approximate surface area is 333 Å². The van der Waals surface area contributed by atoms with Crippen LogP contribution in [0.25, 0.3) is 39.5 Å². The van der Waals surface area contributed by atoms with Crippen LogP contribution in [-0.4, -0.2) is 37.1 Å². The van der Waals surface area contributed by atoms with Gasteiger partial charge in [0.1, 0.15) is 29.0 Å². The second kappa shape index (κ2) is 13.7. The molecule has 10 rings (SSSR count). The molecule has 3 aliphatic heterocycles. The summed E-state index contributed by atoms with van der Waals surface area (Å²) < 4.78 is 2.35. The quantitative estimate of drug-likeness (QED) is 0.165. The predicted molar refractivity (Wildman–Crippen MR) is 234 cm³/mol. The SMILES string of the molecule is CC(C)c1cc(-c2ccccc2)cc(C(C)C)c1-n1c(-c2ccccc2O)nc2c1N(c1ccccc1)C1=CC=CC3=Nc4ccc(-c5ccccn5)cc4B2N13. The number of phenols is 1. The molecule has 276 valence electrons. The summed E-state index contributed by atoms with van der Waals surface area (Å²) in [5.41, 5.74) is 12.2. The number of para-hydroxylation sites is 2. The smallest absolute Gasteiger partial charge is 0.357 e. The fourth-order valence-electron chi connectivity index (χ4n) is 8.57. The van der Waals surface area contributed by atoms with Crippen LogP contribution in [0.4, 0.5) is 17.2 Å². The van der Waals surface area contributed by atoms with Gasteiger partial charge in [0.15, 0.2) is 0 Å². The van der Waals surface area contributed by atoms with Crippen LogP contribution in [0.1, 0.15) is 50.7 Å². The molecule has 5 aromatic carbocycles. The van der Waals surface area contributed by atoms with E-state index in [4.69, 9.17) is 15.0 Å². The van der Waals surface area contributed by atoms with Crippen molar-refractivity contribution in [3.63, 3.8) is 0 Å². The van der Waals surface area contributed by atoms with Gasteiger partial charge < -0.3 is 9.92 Å². The summed E-state index contributed by atoms with van der Waals surface area (Å²) >= 11 is 0. The first-order valence-electron chi connectivity index (χ1n) is 19.7. The maximum absolute atomic E-state index is 11.7. The lowest BCUT2D eigenvalue weighted by molar-refractivity contribution is 0.477. The first-order chi connectivity index (χ1) is 27.9. The van der Waals surface area contributed by atoms with Crippen LogP contribution in [0.15, 0.2) is 169 Å². The van der Waals surface area contributed by atoms with E-state index in [0.29, 0.717) is 11.4 Å². The van der Waals surface area contributed by atoms with Gasteiger partial charge >= 0.3 is 6.85 Å². The molecule has 0 aliphatic carbocycles. The van der Waals surface area contributed by atoms with E-state index >= 15 is 0 Å². The normalized spacial score (nSPS) is 14.0. The first-order valence-corrected chi connectivity index (χ1v) is 19.7. The van der Waals surface area contributed by atoms with E-state index in [9.17, 15) is 5.11 Å². The largest absolute Gasteiger partial charge is 0.507 e. The summed E-state index contributed by atoms with van der Waals surface area (Å²) in [7, 11) is 0. The van der Waals surface area contributed by atoms with Gasteiger partial charge in [-0.15, -0.1) is 0 Å². The average molecular weight is 741 g/mol. The molecule has 0 amide bonds. The Bertz CT molecular complexity index is 2740. The minimum Gasteiger partial charge on any atom is -0.507 e. The molecule has 3 aliphatic rings. The van der Waals surface area contributed by atoms with Crippen molar-refractivity contribution in [1.82, 2.24) is 19.3 Å². The zero-order valence-corrected chi connectivity index (χ0v) is 32.4. The van der Waals surface area contributed by atoms with E-state index in [2.05, 4.69) is 151 Å². The number of hydrogen-bond acceptors (Lipinski definition) is 6. The molecule has 0 saturated carbocycles. The Hall–Kier alpha value is -6.93. The summed E-state index contributed by atoms with van der Waals surface area (Å²) in [5.74, 6) is 3.91. The molecule has 0 unspecified atom stereocenters. The molecule has 1 N–H and O–H groups in total. The van der Waals surface area contributed by atoms with Crippen molar-refractivity contribution < 1.29 is 5.11 Å². The van der Waals surface area contributed by atoms with E-state index in [-0.39, 0.29) is 24.4 Å². The van der Waals surface area contributed by atoms with Crippen LogP contribution in [0.2, 0.25) is 0 Å². The van der Waals surface area contributed by atoms with Crippen molar-refractivity contribution in [2.24, 2.45) is 4.99 Å². The van der Waals surface area contributed by atoms with Gasteiger partial charge in [-0.2, -0.15) is 0 Å². The number of amidine groups is 1. The van der Waals surface area contributed by atoms with Gasteiger partial charge in [0.2, 0.25) is 0 Å². The number of aromatic nitrogens is 3. The Morgan fingerprint density at radius 3 is 2.09 bits per heavy atom. The Morgan fingerprint density at radius 2 is 1.39 bits per heavy atom. The van der Waals surface area contributed by atoms with Crippen molar-refractivity contribution in [1.29, 1.82) is 0 Å². The van der Waals surface area contributed by atoms with Gasteiger partial charge in [-0.05, 0) is 112 Å². The summed E-state index contributed by atoms with van der Waals surface area (Å²) in [6.45, 7) is 8.74. The van der Waals surface area contributed by atoms with Crippen LogP contribution >= 0.6 is 0 Å². The third kappa shape index (κ3) is 5.62. The zero-order chi connectivity index (χ0) is 38.8. The van der Waals surface area contributed by atoms with Crippen molar-refractivity contribution >= 4 is 40.9 Å². The standard InChI is InChI=1S/C49H41BN6O/c1-31(2)38-28-35(33-16-7-5-8-17-33)29-39(32(3)4)46(38)55-48(37-20-11-12-22-43(37)57)53-47-49(55)54(36-18-9-6-10-19-36)45-24-15-23-44-52-42-26-25-34(41-21-13-14-27-51-41)30-40(42)50(47)56(44)45/h5-32,57H,1-4H3. The van der Waals surface area contributed by atoms with Gasteiger partial charge in [0.25, 0.3) is 0 Å². The second-order valence-corrected chi connectivity index (χ2v) is 15.5. The van der Waals surface area contributed by atoms with Gasteiger partial charge in [-0.1, -0.05) is 113 Å². The monoisotopic (exact) mass is 740 g/mol. The number of aliphatic imine (C=N–C) groups is 1. The van der Waals surface area contributed by atoms with Crippen molar-refractivity contribution in [3.8, 4) is 45.2 Å². The molecule has 0 spiro atoms. The van der Waals surface area contributed by atoms with Crippen LogP contribution < -0.4 is 16.0 Å². The fourth-order valence-corrected chi connectivity index (χ4v) is 8.57. The van der Waals surface area contributed by atoms with E-state index in [1.165, 1.54) is 22.3 Å². The lowest BCUT2D eigenvalue weighted by Crippen LogP contribution is -2.66. The molecule has 7 nitrogen and oxygen atoms in total. The molecule has 8 heteroatoms. The summed E-state index contributed by atoms with van der Waals surface area (Å²) in [6.07, 6.45) is 8.18. The highest BCUT2D eigenvalue weighted by molar-refractivity contribution is 6.87. The maximum Gasteiger partial charge on any atom is 0.357 e. The summed E-state index contributed by atoms with van der Waals surface area (Å²) in [4.78, 5) is 20.3. The summed E-state index contributed by atoms with van der Waals surface area (Å²) in [5, 5.41) is 11.7. The van der Waals surface area contributed by atoms with Crippen molar-refractivity contribution in [2.75, 3.05) is 4.90 Å². The van der Waals surface area contributed by atoms with Gasteiger partial charge in [0, 0.05) is 11.9 Å². The van der Waals surface area contributed by atoms with Crippen LogP contribution in [-0.2, 0) is 0 Å². The molecule has 7 aromatic rings. The van der Waals surface area contributed by atoms with Crippen LogP contribution in [0, 0.1) is 0 Å². The average Bonchev–Trinajstić information content (AvgIpc) is 3.63. The number of imidazole rings is 1. The number of benzene rings is 5. The third-order valence-electron chi connectivity index (χ3n) is 11.2. The molecule has 57 heavy (non-hydrogen) atoms. The molecule has 2 aromatic heterocycles. The second-order valence-electron chi connectivity index (χ2n) is 15.5. The predicted octanol–water partition coefficient (Wildman–Crippen LogP) is 10.2. The van der Waals surface area contributed by atoms with E-state index in [1.54, 1.807) is 6.07 Å². The molecule has 0 radical (unpaired) electrons. The Balaban J connectivity index is 1.36. The molecule has 5 heterocycles. The molecule has 0 bridgehead atoms. The maximum atomic E-state index is 11.7. The van der Waals surface area contributed by atoms with E-state index < -0.39 is 0 Å². The Morgan fingerprint density at radius 1 is 0.684 bits per heavy atom. The highest BCUT2D eigenvalue weighted by Gasteiger charge is 2.49. The highest BCUT2D eigenvalue weighted by Crippen LogP contribution is 2.46. The highest BCUT2D eigenvalue weighted by atomic mass is 16.3. The van der Waals surface area contributed by atoms with Crippen molar-refractivity contribution in [3.05, 3.63) is 175 Å². The number of aromatic hydroxyl groups is 1. The minimum absolute atomic E-state index is 0.161. The number of hydrogen-bond donors (Lipinski definition) is 1. The lowest BCUT2D eigenvalue weighted by Gasteiger charge is -2.46. The zero-order valence-electron chi connectivity index (χ0n) is 32.4. The fraction of sp³-hybridized carbons (Fsp3) is 0.122. The van der Waals surface area contributed by atoms with Crippen LogP contribution in [0.3, 0.4) is 0 Å². The minimum atomic E-state index is -0.332.